The van der Waals surface area contributed by atoms with Gasteiger partial charge in [0.2, 0.25) is 0 Å². The summed E-state index contributed by atoms with van der Waals surface area (Å²) in [5.41, 5.74) is -3.00. The molecule has 1 heterocycles. The third-order valence-corrected chi connectivity index (χ3v) is 3.11. The number of hydrogen-bond acceptors (Lipinski definition) is 3. The second-order valence-corrected chi connectivity index (χ2v) is 4.86. The molecule has 22 heavy (non-hydrogen) atoms. The predicted molar refractivity (Wildman–Crippen MR) is 72.9 cm³/mol. The summed E-state index contributed by atoms with van der Waals surface area (Å²) in [5, 5.41) is 11.2. The van der Waals surface area contributed by atoms with Crippen LogP contribution in [0.3, 0.4) is 0 Å². The Kier molecular flexibility index (Phi) is 4.23. The van der Waals surface area contributed by atoms with Gasteiger partial charge in [-0.05, 0) is 17.7 Å². The van der Waals surface area contributed by atoms with Crippen LogP contribution in [0.4, 0.5) is 18.9 Å². The van der Waals surface area contributed by atoms with E-state index in [0.29, 0.717) is 21.4 Å². The van der Waals surface area contributed by atoms with Gasteiger partial charge in [0.05, 0.1) is 17.0 Å². The van der Waals surface area contributed by atoms with Crippen molar-refractivity contribution in [1.29, 1.82) is 0 Å². The van der Waals surface area contributed by atoms with Crippen molar-refractivity contribution in [3.63, 3.8) is 0 Å². The van der Waals surface area contributed by atoms with Crippen molar-refractivity contribution < 1.29 is 18.1 Å². The van der Waals surface area contributed by atoms with Gasteiger partial charge in [0.15, 0.2) is 0 Å². The van der Waals surface area contributed by atoms with Gasteiger partial charge < -0.3 is 4.57 Å². The van der Waals surface area contributed by atoms with E-state index in [-0.39, 0.29) is 12.6 Å². The number of nitro groups is 1. The van der Waals surface area contributed by atoms with E-state index in [1.165, 1.54) is 24.3 Å². The number of nitrogens with zero attached hydrogens (tertiary/aromatic N) is 2. The lowest BCUT2D eigenvalue weighted by molar-refractivity contribution is -0.386. The number of alkyl halides is 3. The van der Waals surface area contributed by atoms with Crippen LogP contribution in [-0.4, -0.2) is 9.49 Å². The van der Waals surface area contributed by atoms with Gasteiger partial charge in [-0.2, -0.15) is 13.2 Å². The lowest BCUT2D eigenvalue weighted by Gasteiger charge is -2.11. The number of rotatable bonds is 3. The first-order valence-electron chi connectivity index (χ1n) is 5.89. The Labute approximate surface area is 126 Å². The monoisotopic (exact) mass is 332 g/mol. The summed E-state index contributed by atoms with van der Waals surface area (Å²) in [6.07, 6.45) is -4.23. The van der Waals surface area contributed by atoms with Crippen molar-refractivity contribution in [2.75, 3.05) is 0 Å². The topological polar surface area (TPSA) is 65.1 Å². The van der Waals surface area contributed by atoms with Crippen LogP contribution in [-0.2, 0) is 12.7 Å². The van der Waals surface area contributed by atoms with Crippen LogP contribution in [0, 0.1) is 10.1 Å². The molecule has 0 atom stereocenters. The van der Waals surface area contributed by atoms with E-state index in [0.717, 1.165) is 0 Å². The van der Waals surface area contributed by atoms with Crippen LogP contribution < -0.4 is 5.56 Å². The normalized spacial score (nSPS) is 11.5. The Hall–Kier alpha value is -2.35. The Bertz CT molecular complexity index is 770. The quantitative estimate of drug-likeness (QED) is 0.638. The van der Waals surface area contributed by atoms with Crippen molar-refractivity contribution >= 4 is 17.3 Å². The molecule has 116 valence electrons. The molecule has 0 aliphatic heterocycles. The molecule has 2 rings (SSSR count). The second kappa shape index (κ2) is 5.80. The molecule has 0 saturated carbocycles. The Morgan fingerprint density at radius 3 is 2.32 bits per heavy atom. The molecule has 2 aromatic rings. The van der Waals surface area contributed by atoms with Crippen LogP contribution >= 0.6 is 11.6 Å². The molecular weight excluding hydrogens is 325 g/mol. The zero-order valence-electron chi connectivity index (χ0n) is 10.8. The first-order chi connectivity index (χ1) is 10.2. The molecule has 0 N–H and O–H groups in total. The molecule has 0 radical (unpaired) electrons. The fraction of sp³-hybridized carbons (Fsp3) is 0.154. The van der Waals surface area contributed by atoms with Gasteiger partial charge in [-0.3, -0.25) is 14.9 Å². The lowest BCUT2D eigenvalue weighted by Crippen LogP contribution is -2.25. The van der Waals surface area contributed by atoms with Crippen LogP contribution in [0.2, 0.25) is 5.02 Å². The SMILES string of the molecule is O=c1c([N+](=O)[O-])cc(C(F)(F)F)cn1Cc1ccc(Cl)cc1. The van der Waals surface area contributed by atoms with E-state index in [4.69, 9.17) is 11.6 Å². The maximum atomic E-state index is 12.8. The van der Waals surface area contributed by atoms with Gasteiger partial charge >= 0.3 is 17.4 Å². The molecule has 0 amide bonds. The van der Waals surface area contributed by atoms with Crippen molar-refractivity contribution in [2.24, 2.45) is 0 Å². The summed E-state index contributed by atoms with van der Waals surface area (Å²) in [5.74, 6) is 0. The molecule has 0 fully saturated rings. The standard InChI is InChI=1S/C13H8ClF3N2O3/c14-10-3-1-8(2-4-10)6-18-7-9(13(15,16)17)5-11(12(18)20)19(21)22/h1-5,7H,6H2. The minimum absolute atomic E-state index is 0.235. The molecule has 0 unspecified atom stereocenters. The van der Waals surface area contributed by atoms with E-state index in [2.05, 4.69) is 0 Å². The van der Waals surface area contributed by atoms with E-state index >= 15 is 0 Å². The van der Waals surface area contributed by atoms with E-state index < -0.39 is 27.9 Å². The van der Waals surface area contributed by atoms with Crippen molar-refractivity contribution in [2.45, 2.75) is 12.7 Å². The lowest BCUT2D eigenvalue weighted by atomic mass is 10.2. The van der Waals surface area contributed by atoms with E-state index in [1.54, 1.807) is 0 Å². The summed E-state index contributed by atoms with van der Waals surface area (Å²) in [6, 6.07) is 6.27. The third kappa shape index (κ3) is 3.45. The van der Waals surface area contributed by atoms with Gasteiger partial charge in [-0.25, -0.2) is 0 Å². The summed E-state index contributed by atoms with van der Waals surface area (Å²) in [6.45, 7) is -0.235. The Morgan fingerprint density at radius 1 is 1.23 bits per heavy atom. The summed E-state index contributed by atoms with van der Waals surface area (Å²) >= 11 is 5.69. The second-order valence-electron chi connectivity index (χ2n) is 4.43. The minimum atomic E-state index is -4.79. The predicted octanol–water partition coefficient (Wildman–Crippen LogP) is 3.48. The molecule has 1 aromatic carbocycles. The largest absolute Gasteiger partial charge is 0.418 e. The molecule has 5 nitrogen and oxygen atoms in total. The Morgan fingerprint density at radius 2 is 1.82 bits per heavy atom. The first kappa shape index (κ1) is 16.0. The fourth-order valence-corrected chi connectivity index (χ4v) is 1.94. The van der Waals surface area contributed by atoms with Gasteiger partial charge in [-0.15, -0.1) is 0 Å². The number of pyridine rings is 1. The van der Waals surface area contributed by atoms with Gasteiger partial charge in [0.25, 0.3) is 0 Å². The van der Waals surface area contributed by atoms with Crippen molar-refractivity contribution in [3.8, 4) is 0 Å². The van der Waals surface area contributed by atoms with Crippen LogP contribution in [0.1, 0.15) is 11.1 Å². The first-order valence-corrected chi connectivity index (χ1v) is 6.27. The number of hydrogen-bond donors (Lipinski definition) is 0. The highest BCUT2D eigenvalue weighted by Crippen LogP contribution is 2.30. The molecule has 0 aliphatic rings. The summed E-state index contributed by atoms with van der Waals surface area (Å²) in [7, 11) is 0. The van der Waals surface area contributed by atoms with Crippen molar-refractivity contribution in [3.05, 3.63) is 73.1 Å². The molecular formula is C13H8ClF3N2O3. The molecule has 9 heteroatoms. The zero-order valence-corrected chi connectivity index (χ0v) is 11.6. The van der Waals surface area contributed by atoms with E-state index in [1.807, 2.05) is 0 Å². The average molecular weight is 333 g/mol. The smallest absolute Gasteiger partial charge is 0.305 e. The number of aromatic nitrogens is 1. The van der Waals surface area contributed by atoms with Crippen LogP contribution in [0.25, 0.3) is 0 Å². The highest BCUT2D eigenvalue weighted by Gasteiger charge is 2.34. The zero-order chi connectivity index (χ0) is 16.5. The highest BCUT2D eigenvalue weighted by molar-refractivity contribution is 6.30. The van der Waals surface area contributed by atoms with Gasteiger partial charge in [-0.1, -0.05) is 23.7 Å². The molecule has 0 aliphatic carbocycles. The van der Waals surface area contributed by atoms with Gasteiger partial charge in [0.1, 0.15) is 0 Å². The van der Waals surface area contributed by atoms with Gasteiger partial charge in [0, 0.05) is 17.3 Å². The molecule has 1 aromatic heterocycles. The molecule has 0 bridgehead atoms. The number of benzene rings is 1. The maximum absolute atomic E-state index is 12.8. The van der Waals surface area contributed by atoms with Crippen LogP contribution in [0.5, 0.6) is 0 Å². The maximum Gasteiger partial charge on any atom is 0.418 e. The molecule has 0 saturated heterocycles. The number of halogens is 4. The fourth-order valence-electron chi connectivity index (χ4n) is 1.81. The van der Waals surface area contributed by atoms with Crippen LogP contribution in [0.15, 0.2) is 41.3 Å². The van der Waals surface area contributed by atoms with E-state index in [9.17, 15) is 28.1 Å². The molecule has 0 spiro atoms. The summed E-state index contributed by atoms with van der Waals surface area (Å²) in [4.78, 5) is 21.5. The van der Waals surface area contributed by atoms with Crippen molar-refractivity contribution in [1.82, 2.24) is 4.57 Å². The average Bonchev–Trinajstić information content (AvgIpc) is 2.42. The third-order valence-electron chi connectivity index (χ3n) is 2.86. The highest BCUT2D eigenvalue weighted by atomic mass is 35.5. The minimum Gasteiger partial charge on any atom is -0.305 e. The summed E-state index contributed by atoms with van der Waals surface area (Å²) < 4.78 is 39.0. The Balaban J connectivity index is 2.54.